The second-order valence-corrected chi connectivity index (χ2v) is 7.85. The van der Waals surface area contributed by atoms with Gasteiger partial charge >= 0.3 is 5.63 Å². The second-order valence-electron chi connectivity index (χ2n) is 7.85. The number of carbonyl (C=O) groups excluding carboxylic acids is 2. The molecule has 0 aliphatic carbocycles. The Morgan fingerprint density at radius 3 is 2.71 bits per heavy atom. The summed E-state index contributed by atoms with van der Waals surface area (Å²) in [7, 11) is 0. The molecule has 1 aromatic heterocycles. The molecule has 4 rings (SSSR count). The van der Waals surface area contributed by atoms with Gasteiger partial charge in [-0.3, -0.25) is 9.59 Å². The van der Waals surface area contributed by atoms with E-state index >= 15 is 0 Å². The normalized spacial score (nSPS) is 16.7. The molecular formula is C24H25N3O4. The Kier molecular flexibility index (Phi) is 6.13. The SMILES string of the molecule is Cc1cc(=O)oc2cc(NC(=O)[C@H](Cc3ccccc3)NC(=O)[C@@H]3CCCN3)ccc12. The second kappa shape index (κ2) is 9.14. The average molecular weight is 419 g/mol. The van der Waals surface area contributed by atoms with Crippen molar-refractivity contribution in [2.45, 2.75) is 38.3 Å². The molecule has 1 saturated heterocycles. The maximum absolute atomic E-state index is 13.1. The molecule has 7 nitrogen and oxygen atoms in total. The van der Waals surface area contributed by atoms with Crippen LogP contribution in [0.4, 0.5) is 5.69 Å². The first-order valence-electron chi connectivity index (χ1n) is 10.4. The van der Waals surface area contributed by atoms with Crippen molar-refractivity contribution in [2.75, 3.05) is 11.9 Å². The van der Waals surface area contributed by atoms with Crippen molar-refractivity contribution in [2.24, 2.45) is 0 Å². The maximum atomic E-state index is 13.1. The summed E-state index contributed by atoms with van der Waals surface area (Å²) in [6.45, 7) is 2.63. The van der Waals surface area contributed by atoms with Crippen molar-refractivity contribution in [3.8, 4) is 0 Å². The van der Waals surface area contributed by atoms with Gasteiger partial charge in [0.1, 0.15) is 11.6 Å². The number of anilines is 1. The lowest BCUT2D eigenvalue weighted by molar-refractivity contribution is -0.127. The fourth-order valence-corrected chi connectivity index (χ4v) is 3.87. The van der Waals surface area contributed by atoms with E-state index in [1.807, 2.05) is 37.3 Å². The Bertz CT molecular complexity index is 1150. The lowest BCUT2D eigenvalue weighted by atomic mass is 10.0. The zero-order valence-corrected chi connectivity index (χ0v) is 17.3. The molecule has 2 atom stereocenters. The van der Waals surface area contributed by atoms with Gasteiger partial charge in [0.2, 0.25) is 11.8 Å². The fraction of sp³-hybridized carbons (Fsp3) is 0.292. The van der Waals surface area contributed by atoms with E-state index in [9.17, 15) is 14.4 Å². The number of rotatable bonds is 6. The van der Waals surface area contributed by atoms with Gasteiger partial charge in [-0.2, -0.15) is 0 Å². The molecule has 7 heteroatoms. The summed E-state index contributed by atoms with van der Waals surface area (Å²) in [6, 6.07) is 15.2. The van der Waals surface area contributed by atoms with Gasteiger partial charge in [0.25, 0.3) is 0 Å². The number of hydrogen-bond acceptors (Lipinski definition) is 5. The zero-order valence-electron chi connectivity index (χ0n) is 17.3. The predicted molar refractivity (Wildman–Crippen MR) is 119 cm³/mol. The summed E-state index contributed by atoms with van der Waals surface area (Å²) in [5, 5.41) is 9.71. The molecule has 3 aromatic rings. The van der Waals surface area contributed by atoms with E-state index in [1.165, 1.54) is 6.07 Å². The number of aryl methyl sites for hydroxylation is 1. The number of benzene rings is 2. The molecule has 1 aliphatic heterocycles. The fourth-order valence-electron chi connectivity index (χ4n) is 3.87. The molecule has 0 bridgehead atoms. The molecule has 1 fully saturated rings. The van der Waals surface area contributed by atoms with Crippen molar-refractivity contribution in [1.82, 2.24) is 10.6 Å². The quantitative estimate of drug-likeness (QED) is 0.533. The molecule has 0 spiro atoms. The van der Waals surface area contributed by atoms with Gasteiger partial charge < -0.3 is 20.4 Å². The van der Waals surface area contributed by atoms with Crippen molar-refractivity contribution in [3.05, 3.63) is 76.1 Å². The third-order valence-electron chi connectivity index (χ3n) is 5.51. The summed E-state index contributed by atoms with van der Waals surface area (Å²) < 4.78 is 5.27. The molecule has 2 aromatic carbocycles. The van der Waals surface area contributed by atoms with Crippen LogP contribution < -0.4 is 21.6 Å². The first-order chi connectivity index (χ1) is 15.0. The summed E-state index contributed by atoms with van der Waals surface area (Å²) >= 11 is 0. The number of nitrogens with one attached hydrogen (secondary N) is 3. The summed E-state index contributed by atoms with van der Waals surface area (Å²) in [6.07, 6.45) is 2.07. The van der Waals surface area contributed by atoms with Gasteiger partial charge in [-0.05, 0) is 49.6 Å². The molecule has 3 N–H and O–H groups in total. The molecule has 0 saturated carbocycles. The van der Waals surface area contributed by atoms with Gasteiger partial charge in [-0.1, -0.05) is 30.3 Å². The highest BCUT2D eigenvalue weighted by atomic mass is 16.4. The standard InChI is InChI=1S/C24H25N3O4/c1-15-12-22(28)31-21-14-17(9-10-18(15)21)26-24(30)20(13-16-6-3-2-4-7-16)27-23(29)19-8-5-11-25-19/h2-4,6-7,9-10,12,14,19-20,25H,5,8,11,13H2,1H3,(H,26,30)(H,27,29)/t19-,20-/m0/s1. The van der Waals surface area contributed by atoms with E-state index < -0.39 is 11.7 Å². The van der Waals surface area contributed by atoms with Crippen LogP contribution in [-0.2, 0) is 16.0 Å². The van der Waals surface area contributed by atoms with E-state index in [4.69, 9.17) is 4.42 Å². The first-order valence-corrected chi connectivity index (χ1v) is 10.4. The number of fused-ring (bicyclic) bond motifs is 1. The lowest BCUT2D eigenvalue weighted by Crippen LogP contribution is -2.50. The van der Waals surface area contributed by atoms with Crippen LogP contribution in [0.5, 0.6) is 0 Å². The van der Waals surface area contributed by atoms with Crippen molar-refractivity contribution in [3.63, 3.8) is 0 Å². The van der Waals surface area contributed by atoms with Crippen LogP contribution in [0, 0.1) is 6.92 Å². The lowest BCUT2D eigenvalue weighted by Gasteiger charge is -2.21. The zero-order chi connectivity index (χ0) is 21.8. The minimum atomic E-state index is -0.738. The molecule has 2 heterocycles. The third-order valence-corrected chi connectivity index (χ3v) is 5.51. The van der Waals surface area contributed by atoms with Crippen LogP contribution >= 0.6 is 0 Å². The number of amides is 2. The average Bonchev–Trinajstić information content (AvgIpc) is 3.28. The topological polar surface area (TPSA) is 100 Å². The molecule has 31 heavy (non-hydrogen) atoms. The van der Waals surface area contributed by atoms with E-state index in [1.54, 1.807) is 18.2 Å². The van der Waals surface area contributed by atoms with Crippen LogP contribution in [0.25, 0.3) is 11.0 Å². The van der Waals surface area contributed by atoms with Gasteiger partial charge in [0.05, 0.1) is 6.04 Å². The molecule has 1 aliphatic rings. The highest BCUT2D eigenvalue weighted by molar-refractivity contribution is 5.99. The van der Waals surface area contributed by atoms with E-state index in [2.05, 4.69) is 16.0 Å². The summed E-state index contributed by atoms with van der Waals surface area (Å²) in [4.78, 5) is 37.4. The number of carbonyl (C=O) groups is 2. The van der Waals surface area contributed by atoms with Crippen LogP contribution in [-0.4, -0.2) is 30.4 Å². The van der Waals surface area contributed by atoms with Crippen molar-refractivity contribution < 1.29 is 14.0 Å². The van der Waals surface area contributed by atoms with Crippen LogP contribution in [0.3, 0.4) is 0 Å². The Labute approximate surface area is 179 Å². The van der Waals surface area contributed by atoms with Gasteiger partial charge in [-0.25, -0.2) is 4.79 Å². The van der Waals surface area contributed by atoms with Crippen LogP contribution in [0.1, 0.15) is 24.0 Å². The van der Waals surface area contributed by atoms with Gasteiger partial charge in [0.15, 0.2) is 0 Å². The Balaban J connectivity index is 1.55. The highest BCUT2D eigenvalue weighted by Crippen LogP contribution is 2.21. The Morgan fingerprint density at radius 1 is 1.16 bits per heavy atom. The van der Waals surface area contributed by atoms with Crippen LogP contribution in [0.2, 0.25) is 0 Å². The third kappa shape index (κ3) is 5.00. The largest absolute Gasteiger partial charge is 0.423 e. The molecule has 160 valence electrons. The minimum Gasteiger partial charge on any atom is -0.423 e. The van der Waals surface area contributed by atoms with E-state index in [-0.39, 0.29) is 17.9 Å². The van der Waals surface area contributed by atoms with Crippen molar-refractivity contribution in [1.29, 1.82) is 0 Å². The first kappa shape index (κ1) is 20.8. The van der Waals surface area contributed by atoms with Gasteiger partial charge in [0, 0.05) is 29.6 Å². The highest BCUT2D eigenvalue weighted by Gasteiger charge is 2.27. The van der Waals surface area contributed by atoms with Gasteiger partial charge in [-0.15, -0.1) is 0 Å². The smallest absolute Gasteiger partial charge is 0.336 e. The van der Waals surface area contributed by atoms with E-state index in [0.29, 0.717) is 17.7 Å². The molecular weight excluding hydrogens is 394 g/mol. The predicted octanol–water partition coefficient (Wildman–Crippen LogP) is 2.52. The monoisotopic (exact) mass is 419 g/mol. The maximum Gasteiger partial charge on any atom is 0.336 e. The summed E-state index contributed by atoms with van der Waals surface area (Å²) in [5.74, 6) is -0.502. The Hall–Kier alpha value is -3.45. The summed E-state index contributed by atoms with van der Waals surface area (Å²) in [5.41, 5.74) is 2.22. The molecule has 2 amide bonds. The number of hydrogen-bond donors (Lipinski definition) is 3. The van der Waals surface area contributed by atoms with Crippen LogP contribution in [0.15, 0.2) is 63.8 Å². The Morgan fingerprint density at radius 2 is 1.97 bits per heavy atom. The molecule has 0 radical (unpaired) electrons. The molecule has 0 unspecified atom stereocenters. The van der Waals surface area contributed by atoms with Crippen molar-refractivity contribution >= 4 is 28.5 Å². The van der Waals surface area contributed by atoms with E-state index in [0.717, 1.165) is 35.9 Å². The minimum absolute atomic E-state index is 0.172.